The molecule has 0 aliphatic heterocycles. The summed E-state index contributed by atoms with van der Waals surface area (Å²) >= 11 is 6.76. The average Bonchev–Trinajstić information content (AvgIpc) is 2.37. The van der Waals surface area contributed by atoms with Crippen molar-refractivity contribution in [3.05, 3.63) is 62.5 Å². The Balaban J connectivity index is 2.11. The molecule has 0 bridgehead atoms. The number of aliphatic hydroxyl groups is 1. The molecule has 2 aromatic rings. The van der Waals surface area contributed by atoms with Gasteiger partial charge in [0.25, 0.3) is 0 Å². The molecule has 2 aromatic carbocycles. The number of aliphatic hydroxyl groups excluding tert-OH is 1. The molecule has 0 saturated heterocycles. The Labute approximate surface area is 132 Å². The molecule has 0 aromatic heterocycles. The lowest BCUT2D eigenvalue weighted by Gasteiger charge is -2.16. The van der Waals surface area contributed by atoms with Crippen LogP contribution in [0.15, 0.2) is 45.3 Å². The van der Waals surface area contributed by atoms with Gasteiger partial charge in [0.1, 0.15) is 11.6 Å². The number of rotatable bonds is 4. The van der Waals surface area contributed by atoms with Crippen molar-refractivity contribution in [1.82, 2.24) is 0 Å². The fourth-order valence-electron chi connectivity index (χ4n) is 1.75. The Bertz CT molecular complexity index is 602. The summed E-state index contributed by atoms with van der Waals surface area (Å²) in [7, 11) is 0. The molecule has 20 heavy (non-hydrogen) atoms. The zero-order valence-corrected chi connectivity index (χ0v) is 13.4. The van der Waals surface area contributed by atoms with E-state index < -0.39 is 17.7 Å². The zero-order valence-electron chi connectivity index (χ0n) is 10.2. The van der Waals surface area contributed by atoms with Crippen molar-refractivity contribution < 1.29 is 13.9 Å². The molecular formula is C14H11Br2F2NO. The van der Waals surface area contributed by atoms with Crippen LogP contribution < -0.4 is 5.32 Å². The lowest BCUT2D eigenvalue weighted by Crippen LogP contribution is -2.14. The fourth-order valence-corrected chi connectivity index (χ4v) is 3.03. The quantitative estimate of drug-likeness (QED) is 0.775. The van der Waals surface area contributed by atoms with E-state index in [4.69, 9.17) is 0 Å². The van der Waals surface area contributed by atoms with Crippen molar-refractivity contribution in [2.24, 2.45) is 0 Å². The Kier molecular flexibility index (Phi) is 5.12. The van der Waals surface area contributed by atoms with Crippen LogP contribution in [0.4, 0.5) is 14.5 Å². The van der Waals surface area contributed by atoms with Gasteiger partial charge in [-0.3, -0.25) is 0 Å². The molecule has 1 atom stereocenters. The van der Waals surface area contributed by atoms with Crippen molar-refractivity contribution in [2.45, 2.75) is 6.10 Å². The molecule has 0 fully saturated rings. The van der Waals surface area contributed by atoms with Gasteiger partial charge in [-0.05, 0) is 50.1 Å². The topological polar surface area (TPSA) is 32.3 Å². The van der Waals surface area contributed by atoms with Gasteiger partial charge >= 0.3 is 0 Å². The highest BCUT2D eigenvalue weighted by Crippen LogP contribution is 2.31. The molecule has 0 radical (unpaired) electrons. The van der Waals surface area contributed by atoms with E-state index in [-0.39, 0.29) is 12.1 Å². The van der Waals surface area contributed by atoms with Gasteiger partial charge in [-0.15, -0.1) is 0 Å². The summed E-state index contributed by atoms with van der Waals surface area (Å²) in [6.07, 6.45) is -1.07. The number of hydrogen-bond acceptors (Lipinski definition) is 2. The van der Waals surface area contributed by atoms with Crippen LogP contribution in [-0.4, -0.2) is 11.7 Å². The number of nitrogens with one attached hydrogen (secondary N) is 1. The van der Waals surface area contributed by atoms with E-state index in [2.05, 4.69) is 37.2 Å². The highest BCUT2D eigenvalue weighted by Gasteiger charge is 2.14. The standard InChI is InChI=1S/C14H11Br2F2NO/c15-10-2-1-3-11(16)14(10)19-7-13(20)9-5-4-8(17)6-12(9)18/h1-6,13,19-20H,7H2. The summed E-state index contributed by atoms with van der Waals surface area (Å²) in [5.74, 6) is -1.43. The minimum absolute atomic E-state index is 0.0575. The van der Waals surface area contributed by atoms with Gasteiger partial charge in [0.15, 0.2) is 0 Å². The van der Waals surface area contributed by atoms with Crippen molar-refractivity contribution in [3.8, 4) is 0 Å². The van der Waals surface area contributed by atoms with Crippen LogP contribution in [0.1, 0.15) is 11.7 Å². The second-order valence-corrected chi connectivity index (χ2v) is 5.87. The Hall–Kier alpha value is -0.980. The van der Waals surface area contributed by atoms with E-state index >= 15 is 0 Å². The SMILES string of the molecule is OC(CNc1c(Br)cccc1Br)c1ccc(F)cc1F. The van der Waals surface area contributed by atoms with E-state index in [1.165, 1.54) is 6.07 Å². The second kappa shape index (κ2) is 6.65. The third kappa shape index (κ3) is 3.56. The van der Waals surface area contributed by atoms with Gasteiger partial charge in [-0.1, -0.05) is 12.1 Å². The van der Waals surface area contributed by atoms with Crippen molar-refractivity contribution in [3.63, 3.8) is 0 Å². The van der Waals surface area contributed by atoms with E-state index in [0.29, 0.717) is 0 Å². The third-order valence-corrected chi connectivity index (χ3v) is 4.08. The summed E-state index contributed by atoms with van der Waals surface area (Å²) in [4.78, 5) is 0. The first kappa shape index (κ1) is 15.4. The maximum Gasteiger partial charge on any atom is 0.131 e. The molecule has 106 valence electrons. The van der Waals surface area contributed by atoms with Gasteiger partial charge in [-0.2, -0.15) is 0 Å². The number of benzene rings is 2. The summed E-state index contributed by atoms with van der Waals surface area (Å²) in [6, 6.07) is 8.67. The number of hydrogen-bond donors (Lipinski definition) is 2. The van der Waals surface area contributed by atoms with Crippen LogP contribution in [0.2, 0.25) is 0 Å². The summed E-state index contributed by atoms with van der Waals surface area (Å²) in [5.41, 5.74) is 0.816. The van der Waals surface area contributed by atoms with E-state index in [1.807, 2.05) is 18.2 Å². The molecular weight excluding hydrogens is 396 g/mol. The van der Waals surface area contributed by atoms with Crippen molar-refractivity contribution in [1.29, 1.82) is 0 Å². The van der Waals surface area contributed by atoms with Gasteiger partial charge in [0.05, 0.1) is 11.8 Å². The third-order valence-electron chi connectivity index (χ3n) is 2.76. The first-order valence-electron chi connectivity index (χ1n) is 5.80. The average molecular weight is 407 g/mol. The number of anilines is 1. The zero-order chi connectivity index (χ0) is 14.7. The summed E-state index contributed by atoms with van der Waals surface area (Å²) < 4.78 is 28.0. The second-order valence-electron chi connectivity index (χ2n) is 4.16. The van der Waals surface area contributed by atoms with Crippen molar-refractivity contribution in [2.75, 3.05) is 11.9 Å². The largest absolute Gasteiger partial charge is 0.386 e. The van der Waals surface area contributed by atoms with Gasteiger partial charge < -0.3 is 10.4 Å². The van der Waals surface area contributed by atoms with Crippen LogP contribution in [0.3, 0.4) is 0 Å². The molecule has 6 heteroatoms. The molecule has 0 saturated carbocycles. The van der Waals surface area contributed by atoms with Gasteiger partial charge in [0.2, 0.25) is 0 Å². The van der Waals surface area contributed by atoms with Gasteiger partial charge in [0, 0.05) is 27.1 Å². The molecule has 0 spiro atoms. The molecule has 0 heterocycles. The van der Waals surface area contributed by atoms with Crippen LogP contribution in [0.25, 0.3) is 0 Å². The van der Waals surface area contributed by atoms with Crippen LogP contribution >= 0.6 is 31.9 Å². The Morgan fingerprint density at radius 2 is 1.75 bits per heavy atom. The molecule has 0 amide bonds. The Morgan fingerprint density at radius 1 is 1.10 bits per heavy atom. The predicted molar refractivity (Wildman–Crippen MR) is 81.6 cm³/mol. The lowest BCUT2D eigenvalue weighted by molar-refractivity contribution is 0.186. The highest BCUT2D eigenvalue weighted by molar-refractivity contribution is 9.11. The monoisotopic (exact) mass is 405 g/mol. The molecule has 2 N–H and O–H groups in total. The summed E-state index contributed by atoms with van der Waals surface area (Å²) in [6.45, 7) is 0.101. The van der Waals surface area contributed by atoms with Crippen LogP contribution in [0.5, 0.6) is 0 Å². The molecule has 2 rings (SSSR count). The predicted octanol–water partition coefficient (Wildman–Crippen LogP) is 4.64. The van der Waals surface area contributed by atoms with Gasteiger partial charge in [-0.25, -0.2) is 8.78 Å². The molecule has 1 unspecified atom stereocenters. The maximum atomic E-state index is 13.5. The van der Waals surface area contributed by atoms with Crippen molar-refractivity contribution >= 4 is 37.5 Å². The van der Waals surface area contributed by atoms with E-state index in [9.17, 15) is 13.9 Å². The molecule has 0 aliphatic carbocycles. The highest BCUT2D eigenvalue weighted by atomic mass is 79.9. The molecule has 2 nitrogen and oxygen atoms in total. The Morgan fingerprint density at radius 3 is 2.35 bits per heavy atom. The van der Waals surface area contributed by atoms with E-state index in [0.717, 1.165) is 26.8 Å². The lowest BCUT2D eigenvalue weighted by atomic mass is 10.1. The maximum absolute atomic E-state index is 13.5. The molecule has 0 aliphatic rings. The first-order chi connectivity index (χ1) is 9.49. The summed E-state index contributed by atoms with van der Waals surface area (Å²) in [5, 5.41) is 13.0. The minimum Gasteiger partial charge on any atom is -0.386 e. The smallest absolute Gasteiger partial charge is 0.131 e. The fraction of sp³-hybridized carbons (Fsp3) is 0.143. The van der Waals surface area contributed by atoms with Crippen LogP contribution in [0, 0.1) is 11.6 Å². The van der Waals surface area contributed by atoms with E-state index in [1.54, 1.807) is 0 Å². The number of para-hydroxylation sites is 1. The number of halogens is 4. The van der Waals surface area contributed by atoms with Crippen LogP contribution in [-0.2, 0) is 0 Å². The first-order valence-corrected chi connectivity index (χ1v) is 7.38. The minimum atomic E-state index is -1.07. The normalized spacial score (nSPS) is 12.2.